The highest BCUT2D eigenvalue weighted by molar-refractivity contribution is 7.99. The Bertz CT molecular complexity index is 1520. The first-order valence-electron chi connectivity index (χ1n) is 10.7. The zero-order chi connectivity index (χ0) is 23.1. The fourth-order valence-corrected chi connectivity index (χ4v) is 4.55. The van der Waals surface area contributed by atoms with Gasteiger partial charge in [0.2, 0.25) is 5.91 Å². The molecule has 0 aliphatic carbocycles. The first-order valence-corrected chi connectivity index (χ1v) is 11.7. The second-order valence-electron chi connectivity index (χ2n) is 8.24. The van der Waals surface area contributed by atoms with Crippen LogP contribution in [0.5, 0.6) is 0 Å². The molecule has 0 spiro atoms. The van der Waals surface area contributed by atoms with Gasteiger partial charge < -0.3 is 5.32 Å². The number of nitrogens with zero attached hydrogens (tertiary/aromatic N) is 5. The number of hydrogen-bond acceptors (Lipinski definition) is 5. The van der Waals surface area contributed by atoms with E-state index >= 15 is 0 Å². The average molecular weight is 457 g/mol. The summed E-state index contributed by atoms with van der Waals surface area (Å²) in [4.78, 5) is 12.5. The van der Waals surface area contributed by atoms with Crippen LogP contribution in [0.2, 0.25) is 0 Å². The van der Waals surface area contributed by atoms with E-state index in [1.165, 1.54) is 22.9 Å². The summed E-state index contributed by atoms with van der Waals surface area (Å²) in [5.41, 5.74) is 9.01. The number of fused-ring (bicyclic) bond motifs is 3. The number of aryl methyl sites for hydroxylation is 3. The van der Waals surface area contributed by atoms with Gasteiger partial charge in [0.05, 0.1) is 11.4 Å². The molecule has 3 aromatic heterocycles. The molecule has 0 saturated heterocycles. The maximum Gasteiger partial charge on any atom is 0.234 e. The standard InChI is InChI=1S/C25H24N6OS/c1-15-8-9-17(3)19(12-15)21-13-22-24-27-28-25(30(24)10-11-31(22)29-21)33-14-23(32)26-20-7-5-6-16(2)18(20)4/h5-13H,14H2,1-4H3,(H,26,32). The van der Waals surface area contributed by atoms with Crippen LogP contribution in [0.25, 0.3) is 22.4 Å². The predicted octanol–water partition coefficient (Wildman–Crippen LogP) is 5.01. The molecule has 3 heterocycles. The van der Waals surface area contributed by atoms with Gasteiger partial charge in [0, 0.05) is 23.6 Å². The monoisotopic (exact) mass is 456 g/mol. The molecule has 1 N–H and O–H groups in total. The summed E-state index contributed by atoms with van der Waals surface area (Å²) < 4.78 is 3.72. The number of rotatable bonds is 5. The number of carbonyl (C=O) groups excluding carboxylic acids is 1. The number of aromatic nitrogens is 5. The lowest BCUT2D eigenvalue weighted by atomic mass is 10.0. The molecule has 0 bridgehead atoms. The molecule has 8 heteroatoms. The molecular formula is C25H24N6OS. The van der Waals surface area contributed by atoms with Gasteiger partial charge in [-0.1, -0.05) is 41.6 Å². The van der Waals surface area contributed by atoms with Crippen molar-refractivity contribution < 1.29 is 4.79 Å². The average Bonchev–Trinajstić information content (AvgIpc) is 3.41. The van der Waals surface area contributed by atoms with Gasteiger partial charge in [0.1, 0.15) is 5.52 Å². The number of thioether (sulfide) groups is 1. The summed E-state index contributed by atoms with van der Waals surface area (Å²) in [7, 11) is 0. The van der Waals surface area contributed by atoms with Crippen LogP contribution in [0, 0.1) is 27.7 Å². The minimum absolute atomic E-state index is 0.0758. The first kappa shape index (κ1) is 21.2. The number of anilines is 1. The quantitative estimate of drug-likeness (QED) is 0.376. The van der Waals surface area contributed by atoms with Crippen LogP contribution in [0.4, 0.5) is 5.69 Å². The van der Waals surface area contributed by atoms with Crippen molar-refractivity contribution in [1.29, 1.82) is 0 Å². The zero-order valence-electron chi connectivity index (χ0n) is 19.0. The minimum Gasteiger partial charge on any atom is -0.325 e. The lowest BCUT2D eigenvalue weighted by molar-refractivity contribution is -0.113. The molecule has 0 atom stereocenters. The molecule has 5 rings (SSSR count). The van der Waals surface area contributed by atoms with Gasteiger partial charge in [-0.25, -0.2) is 4.52 Å². The summed E-state index contributed by atoms with van der Waals surface area (Å²) in [5, 5.41) is 17.1. The van der Waals surface area contributed by atoms with Gasteiger partial charge in [-0.3, -0.25) is 9.20 Å². The van der Waals surface area contributed by atoms with Crippen LogP contribution in [-0.4, -0.2) is 35.9 Å². The highest BCUT2D eigenvalue weighted by Crippen LogP contribution is 2.27. The third-order valence-corrected chi connectivity index (χ3v) is 6.81. The lowest BCUT2D eigenvalue weighted by Crippen LogP contribution is -2.15. The Kier molecular flexibility index (Phi) is 5.38. The van der Waals surface area contributed by atoms with E-state index in [2.05, 4.69) is 47.6 Å². The molecule has 1 amide bonds. The van der Waals surface area contributed by atoms with E-state index in [9.17, 15) is 4.79 Å². The zero-order valence-corrected chi connectivity index (χ0v) is 19.8. The minimum atomic E-state index is -0.0758. The van der Waals surface area contributed by atoms with Gasteiger partial charge >= 0.3 is 0 Å². The Morgan fingerprint density at radius 1 is 1.00 bits per heavy atom. The van der Waals surface area contributed by atoms with Crippen molar-refractivity contribution in [2.75, 3.05) is 11.1 Å². The van der Waals surface area contributed by atoms with Crippen LogP contribution in [0.15, 0.2) is 60.0 Å². The van der Waals surface area contributed by atoms with Crippen molar-refractivity contribution in [3.8, 4) is 11.3 Å². The van der Waals surface area contributed by atoms with Crippen molar-refractivity contribution in [2.45, 2.75) is 32.9 Å². The molecule has 33 heavy (non-hydrogen) atoms. The van der Waals surface area contributed by atoms with E-state index in [-0.39, 0.29) is 11.7 Å². The normalized spacial score (nSPS) is 11.4. The van der Waals surface area contributed by atoms with E-state index in [1.54, 1.807) is 0 Å². The number of amides is 1. The Balaban J connectivity index is 1.39. The lowest BCUT2D eigenvalue weighted by Gasteiger charge is -2.09. The third kappa shape index (κ3) is 3.98. The summed E-state index contributed by atoms with van der Waals surface area (Å²) >= 11 is 1.36. The second kappa shape index (κ2) is 8.37. The number of carbonyl (C=O) groups is 1. The fraction of sp³-hybridized carbons (Fsp3) is 0.200. The van der Waals surface area contributed by atoms with Gasteiger partial charge in [-0.05, 0) is 62.6 Å². The van der Waals surface area contributed by atoms with Crippen molar-refractivity contribution in [3.63, 3.8) is 0 Å². The van der Waals surface area contributed by atoms with Crippen LogP contribution in [0.3, 0.4) is 0 Å². The summed E-state index contributed by atoms with van der Waals surface area (Å²) in [5.74, 6) is 0.167. The van der Waals surface area contributed by atoms with Gasteiger partial charge in [-0.2, -0.15) is 5.10 Å². The Morgan fingerprint density at radius 2 is 1.85 bits per heavy atom. The number of hydrogen-bond donors (Lipinski definition) is 1. The summed E-state index contributed by atoms with van der Waals surface area (Å²) in [6.45, 7) is 8.21. The van der Waals surface area contributed by atoms with Crippen LogP contribution >= 0.6 is 11.8 Å². The molecule has 0 aliphatic heterocycles. The van der Waals surface area contributed by atoms with E-state index in [1.807, 2.05) is 59.4 Å². The number of benzene rings is 2. The van der Waals surface area contributed by atoms with Crippen LogP contribution in [0.1, 0.15) is 22.3 Å². The maximum atomic E-state index is 12.5. The van der Waals surface area contributed by atoms with Crippen molar-refractivity contribution >= 4 is 34.5 Å². The third-order valence-electron chi connectivity index (χ3n) is 5.87. The summed E-state index contributed by atoms with van der Waals surface area (Å²) in [6.07, 6.45) is 3.77. The molecule has 2 aromatic carbocycles. The Hall–Kier alpha value is -3.65. The maximum absolute atomic E-state index is 12.5. The van der Waals surface area contributed by atoms with Crippen molar-refractivity contribution in [1.82, 2.24) is 24.2 Å². The van der Waals surface area contributed by atoms with Gasteiger partial charge in [0.25, 0.3) is 0 Å². The van der Waals surface area contributed by atoms with Gasteiger partial charge in [-0.15, -0.1) is 10.2 Å². The van der Waals surface area contributed by atoms with Crippen LogP contribution in [-0.2, 0) is 4.79 Å². The molecule has 5 aromatic rings. The molecule has 0 aliphatic rings. The molecular weight excluding hydrogens is 432 g/mol. The van der Waals surface area contributed by atoms with E-state index < -0.39 is 0 Å². The van der Waals surface area contributed by atoms with E-state index in [0.29, 0.717) is 10.8 Å². The van der Waals surface area contributed by atoms with Gasteiger partial charge in [0.15, 0.2) is 10.8 Å². The van der Waals surface area contributed by atoms with Crippen molar-refractivity contribution in [3.05, 3.63) is 77.1 Å². The fourth-order valence-electron chi connectivity index (χ4n) is 3.84. The largest absolute Gasteiger partial charge is 0.325 e. The predicted molar refractivity (Wildman–Crippen MR) is 132 cm³/mol. The number of nitrogens with one attached hydrogen (secondary N) is 1. The van der Waals surface area contributed by atoms with E-state index in [0.717, 1.165) is 33.6 Å². The van der Waals surface area contributed by atoms with Crippen molar-refractivity contribution in [2.24, 2.45) is 0 Å². The molecule has 166 valence electrons. The molecule has 0 radical (unpaired) electrons. The van der Waals surface area contributed by atoms with E-state index in [4.69, 9.17) is 5.10 Å². The smallest absolute Gasteiger partial charge is 0.234 e. The molecule has 0 saturated carbocycles. The molecule has 7 nitrogen and oxygen atoms in total. The Labute approximate surface area is 195 Å². The highest BCUT2D eigenvalue weighted by atomic mass is 32.2. The second-order valence-corrected chi connectivity index (χ2v) is 9.18. The van der Waals surface area contributed by atoms with Crippen LogP contribution < -0.4 is 5.32 Å². The topological polar surface area (TPSA) is 76.6 Å². The highest BCUT2D eigenvalue weighted by Gasteiger charge is 2.15. The SMILES string of the molecule is Cc1ccc(C)c(-c2cc3c4nnc(SCC(=O)Nc5cccc(C)c5C)n4ccn3n2)c1. The molecule has 0 unspecified atom stereocenters. The first-order chi connectivity index (χ1) is 15.9. The molecule has 0 fully saturated rings. The summed E-state index contributed by atoms with van der Waals surface area (Å²) in [6, 6.07) is 14.3. The Morgan fingerprint density at radius 3 is 2.70 bits per heavy atom.